The fourth-order valence-corrected chi connectivity index (χ4v) is 9.50. The van der Waals surface area contributed by atoms with Gasteiger partial charge in [-0.15, -0.1) is 0 Å². The average Bonchev–Trinajstić information content (AvgIpc) is 3.59. The molecule has 1 aromatic rings. The van der Waals surface area contributed by atoms with Crippen LogP contribution in [0.3, 0.4) is 0 Å². The van der Waals surface area contributed by atoms with Gasteiger partial charge in [-0.2, -0.15) is 9.29 Å². The summed E-state index contributed by atoms with van der Waals surface area (Å²) in [4.78, 5) is 61.9. The van der Waals surface area contributed by atoms with E-state index in [0.29, 0.717) is 32.1 Å². The van der Waals surface area contributed by atoms with E-state index >= 15 is 0 Å². The maximum atomic E-state index is 12.8. The third kappa shape index (κ3) is 31.1. The number of nitrogens with zero attached hydrogens (tertiary/aromatic N) is 2. The van der Waals surface area contributed by atoms with E-state index in [2.05, 4.69) is 36.1 Å². The molecule has 0 radical (unpaired) electrons. The lowest BCUT2D eigenvalue weighted by molar-refractivity contribution is -0.161. The van der Waals surface area contributed by atoms with Crippen molar-refractivity contribution in [2.24, 2.45) is 5.92 Å². The number of ether oxygens (including phenoxy) is 3. The first-order valence-corrected chi connectivity index (χ1v) is 28.6. The van der Waals surface area contributed by atoms with Crippen LogP contribution in [0.15, 0.2) is 65.7 Å². The Morgan fingerprint density at radius 2 is 1.41 bits per heavy atom. The van der Waals surface area contributed by atoms with E-state index in [4.69, 9.17) is 29.0 Å². The molecule has 1 saturated heterocycles. The van der Waals surface area contributed by atoms with Gasteiger partial charge in [-0.3, -0.25) is 23.2 Å². The van der Waals surface area contributed by atoms with Gasteiger partial charge in [0.05, 0.1) is 19.3 Å². The van der Waals surface area contributed by atoms with Crippen LogP contribution in [0.4, 0.5) is 5.82 Å². The standard InChI is InChI=1S/C50H85N3O16P2/c1-4-5-6-7-15-21-26-31-41(54)32-27-22-17-14-19-24-29-34-46(56)67-42(37-64-45(55)33-28-23-18-13-11-9-8-10-12-16-20-25-30-40(2)3)38-65-70(60,61)69-71(62,63)66-39-43-47(57)48(58)49(68-43)53-36-35-44(51)52-50(53)59/h14-15,19,21-22,26-27,31,35-36,40-43,47-49,54,57-58H,4-13,16-18,20,23-25,28-30,32-34,37-39H2,1-3H3,(H,60,61)(H,62,63)(H2,51,52,59)/b19-14+,21-15-,27-22-,31-26-/t41-,42+,43+,47+,48+,49+/m0/s1. The Labute approximate surface area is 421 Å². The van der Waals surface area contributed by atoms with Gasteiger partial charge in [0.1, 0.15) is 30.7 Å². The summed E-state index contributed by atoms with van der Waals surface area (Å²) in [7, 11) is -10.9. The van der Waals surface area contributed by atoms with Crippen LogP contribution in [0.2, 0.25) is 0 Å². The van der Waals surface area contributed by atoms with Crippen molar-refractivity contribution in [3.63, 3.8) is 0 Å². The molecule has 1 aromatic heterocycles. The van der Waals surface area contributed by atoms with Crippen molar-refractivity contribution in [3.8, 4) is 0 Å². The normalized spacial score (nSPS) is 20.1. The predicted molar refractivity (Wildman–Crippen MR) is 272 cm³/mol. The number of aromatic nitrogens is 2. The smallest absolute Gasteiger partial charge is 0.462 e. The first-order chi connectivity index (χ1) is 33.9. The number of carbonyl (C=O) groups excluding carboxylic acids is 2. The van der Waals surface area contributed by atoms with Crippen molar-refractivity contribution in [2.75, 3.05) is 25.6 Å². The number of carbonyl (C=O) groups is 2. The summed E-state index contributed by atoms with van der Waals surface area (Å²) in [6.07, 6.45) is 29.4. The Morgan fingerprint density at radius 3 is 2.07 bits per heavy atom. The molecular formula is C50H85N3O16P2. The van der Waals surface area contributed by atoms with Gasteiger partial charge < -0.3 is 45.1 Å². The van der Waals surface area contributed by atoms with E-state index in [0.717, 1.165) is 55.2 Å². The Morgan fingerprint density at radius 1 is 0.789 bits per heavy atom. The molecule has 1 aliphatic rings. The largest absolute Gasteiger partial charge is 0.481 e. The average molecular weight is 1050 g/mol. The summed E-state index contributed by atoms with van der Waals surface area (Å²) >= 11 is 0. The topological polar surface area (TPSA) is 286 Å². The third-order valence-corrected chi connectivity index (χ3v) is 14.0. The molecule has 8 atom stereocenters. The number of unbranched alkanes of at least 4 members (excludes halogenated alkanes) is 15. The monoisotopic (exact) mass is 1050 g/mol. The Hall–Kier alpha value is -3.32. The van der Waals surface area contributed by atoms with Gasteiger partial charge in [0, 0.05) is 19.0 Å². The van der Waals surface area contributed by atoms with Crippen LogP contribution >= 0.6 is 15.6 Å². The highest BCUT2D eigenvalue weighted by Crippen LogP contribution is 2.60. The summed E-state index contributed by atoms with van der Waals surface area (Å²) in [6.45, 7) is 4.30. The van der Waals surface area contributed by atoms with Gasteiger partial charge in [0.25, 0.3) is 0 Å². The number of phosphoric acid groups is 2. The molecule has 406 valence electrons. The Kier molecular flexibility index (Phi) is 33.6. The molecule has 2 rings (SSSR count). The maximum Gasteiger partial charge on any atom is 0.481 e. The molecule has 2 unspecified atom stereocenters. The molecular weight excluding hydrogens is 961 g/mol. The minimum Gasteiger partial charge on any atom is -0.462 e. The first kappa shape index (κ1) is 63.8. The summed E-state index contributed by atoms with van der Waals surface area (Å²) in [5.74, 6) is -0.637. The Balaban J connectivity index is 1.84. The second kappa shape index (κ2) is 37.4. The minimum absolute atomic E-state index is 0.0598. The van der Waals surface area contributed by atoms with Crippen LogP contribution in [0.5, 0.6) is 0 Å². The van der Waals surface area contributed by atoms with Gasteiger partial charge in [0.2, 0.25) is 0 Å². The molecule has 0 bridgehead atoms. The van der Waals surface area contributed by atoms with E-state index in [-0.39, 0.29) is 18.7 Å². The van der Waals surface area contributed by atoms with E-state index < -0.39 is 89.8 Å². The Bertz CT molecular complexity index is 1910. The van der Waals surface area contributed by atoms with Crippen LogP contribution < -0.4 is 11.4 Å². The number of aliphatic hydroxyl groups is 3. The van der Waals surface area contributed by atoms with Crippen molar-refractivity contribution in [3.05, 3.63) is 71.4 Å². The van der Waals surface area contributed by atoms with Gasteiger partial charge in [-0.25, -0.2) is 13.9 Å². The highest BCUT2D eigenvalue weighted by Gasteiger charge is 2.46. The summed E-state index contributed by atoms with van der Waals surface area (Å²) in [5, 5.41) is 31.0. The van der Waals surface area contributed by atoms with Gasteiger partial charge in [-0.05, 0) is 56.9 Å². The summed E-state index contributed by atoms with van der Waals surface area (Å²) < 4.78 is 56.7. The number of anilines is 1. The molecule has 1 fully saturated rings. The van der Waals surface area contributed by atoms with Crippen molar-refractivity contribution in [1.82, 2.24) is 9.55 Å². The molecule has 0 amide bonds. The maximum absolute atomic E-state index is 12.8. The molecule has 21 heteroatoms. The highest BCUT2D eigenvalue weighted by molar-refractivity contribution is 7.61. The lowest BCUT2D eigenvalue weighted by Gasteiger charge is -2.21. The van der Waals surface area contributed by atoms with Crippen molar-refractivity contribution >= 4 is 33.4 Å². The van der Waals surface area contributed by atoms with Crippen molar-refractivity contribution in [2.45, 2.75) is 205 Å². The number of allylic oxidation sites excluding steroid dienone is 6. The SMILES string of the molecule is CCCCC/C=C\C=C/[C@H](O)C/C=C\C/C=C/CCCC(=O)O[C@H](COC(=O)CCCCCCCCCCCCCCC(C)C)COP(=O)(O)OP(=O)(O)OC[C@H]1O[C@@H](n2ccc(N)nc2=O)[C@H](O)[C@@H]1O. The molecule has 2 heterocycles. The van der Waals surface area contributed by atoms with Crippen LogP contribution in [-0.2, 0) is 46.3 Å². The van der Waals surface area contributed by atoms with Gasteiger partial charge in [-0.1, -0.05) is 159 Å². The molecule has 0 aliphatic carbocycles. The fraction of sp³-hybridized carbons (Fsp3) is 0.720. The summed E-state index contributed by atoms with van der Waals surface area (Å²) in [6, 6.07) is 1.24. The third-order valence-electron chi connectivity index (χ3n) is 11.4. The molecule has 19 nitrogen and oxygen atoms in total. The number of nitrogens with two attached hydrogens (primary N) is 1. The van der Waals surface area contributed by atoms with Crippen molar-refractivity contribution in [1.29, 1.82) is 0 Å². The van der Waals surface area contributed by atoms with Crippen LogP contribution in [0.25, 0.3) is 0 Å². The number of esters is 2. The zero-order valence-corrected chi connectivity index (χ0v) is 44.1. The second-order valence-corrected chi connectivity index (χ2v) is 21.4. The molecule has 0 aromatic carbocycles. The van der Waals surface area contributed by atoms with Crippen LogP contribution in [0.1, 0.15) is 175 Å². The minimum atomic E-state index is -5.45. The number of aliphatic hydroxyl groups excluding tert-OH is 3. The van der Waals surface area contributed by atoms with E-state index in [9.17, 15) is 48.6 Å². The second-order valence-electron chi connectivity index (χ2n) is 18.4. The number of nitrogen functional groups attached to an aromatic ring is 1. The lowest BCUT2D eigenvalue weighted by atomic mass is 10.0. The van der Waals surface area contributed by atoms with E-state index in [1.54, 1.807) is 6.08 Å². The molecule has 71 heavy (non-hydrogen) atoms. The van der Waals surface area contributed by atoms with Gasteiger partial charge >= 0.3 is 33.3 Å². The van der Waals surface area contributed by atoms with E-state index in [1.165, 1.54) is 70.3 Å². The predicted octanol–water partition coefficient (Wildman–Crippen LogP) is 9.38. The lowest BCUT2D eigenvalue weighted by Crippen LogP contribution is -2.36. The number of hydrogen-bond acceptors (Lipinski definition) is 16. The zero-order valence-electron chi connectivity index (χ0n) is 42.3. The molecule has 0 saturated carbocycles. The number of phosphoric ester groups is 2. The van der Waals surface area contributed by atoms with E-state index in [1.807, 2.05) is 36.5 Å². The summed E-state index contributed by atoms with van der Waals surface area (Å²) in [5.41, 5.74) is 4.58. The molecule has 1 aliphatic heterocycles. The fourth-order valence-electron chi connectivity index (χ4n) is 7.39. The zero-order chi connectivity index (χ0) is 52.3. The van der Waals surface area contributed by atoms with Crippen molar-refractivity contribution < 1.29 is 71.4 Å². The first-order valence-electron chi connectivity index (χ1n) is 25.6. The van der Waals surface area contributed by atoms with Gasteiger partial charge in [0.15, 0.2) is 12.3 Å². The van der Waals surface area contributed by atoms with Crippen LogP contribution in [0, 0.1) is 5.92 Å². The number of hydrogen-bond donors (Lipinski definition) is 6. The molecule has 7 N–H and O–H groups in total. The molecule has 0 spiro atoms. The quantitative estimate of drug-likeness (QED) is 0.0117. The number of rotatable bonds is 41. The van der Waals surface area contributed by atoms with Crippen LogP contribution in [-0.4, -0.2) is 96.9 Å². The highest BCUT2D eigenvalue weighted by atomic mass is 31.3.